The molecule has 0 aliphatic rings. The number of aliphatic hydroxyl groups is 1. The lowest BCUT2D eigenvalue weighted by Gasteiger charge is -2.06. The van der Waals surface area contributed by atoms with E-state index >= 15 is 0 Å². The van der Waals surface area contributed by atoms with Crippen molar-refractivity contribution >= 4 is 12.1 Å². The van der Waals surface area contributed by atoms with Crippen LogP contribution in [0.1, 0.15) is 12.5 Å². The van der Waals surface area contributed by atoms with Gasteiger partial charge in [0.1, 0.15) is 12.4 Å². The van der Waals surface area contributed by atoms with Gasteiger partial charge in [-0.1, -0.05) is 12.1 Å². The van der Waals surface area contributed by atoms with Crippen molar-refractivity contribution in [3.63, 3.8) is 0 Å². The summed E-state index contributed by atoms with van der Waals surface area (Å²) in [6.45, 7) is 1.45. The number of hydrogen-bond donors (Lipinski definition) is 2. The number of aliphatic hydroxyl groups excluding tert-OH is 1. The number of hydrogen-bond acceptors (Lipinski definition) is 5. The van der Waals surface area contributed by atoms with Gasteiger partial charge in [-0.3, -0.25) is 4.79 Å². The molecule has 6 nitrogen and oxygen atoms in total. The lowest BCUT2D eigenvalue weighted by atomic mass is 10.2. The summed E-state index contributed by atoms with van der Waals surface area (Å²) in [5.74, 6) is 0.0540. The fourth-order valence-corrected chi connectivity index (χ4v) is 1.18. The van der Waals surface area contributed by atoms with E-state index in [1.165, 1.54) is 6.92 Å². The molecule has 0 saturated heterocycles. The SMILES string of the molecule is CC(=O)Oc1ccc(COC(=O)NCCO)cc1. The molecule has 0 saturated carbocycles. The Bertz CT molecular complexity index is 401. The van der Waals surface area contributed by atoms with Crippen molar-refractivity contribution in [1.29, 1.82) is 0 Å². The summed E-state index contributed by atoms with van der Waals surface area (Å²) >= 11 is 0. The summed E-state index contributed by atoms with van der Waals surface area (Å²) in [4.78, 5) is 21.8. The molecular weight excluding hydrogens is 238 g/mol. The largest absolute Gasteiger partial charge is 0.445 e. The number of ether oxygens (including phenoxy) is 2. The van der Waals surface area contributed by atoms with E-state index in [1.807, 2.05) is 0 Å². The van der Waals surface area contributed by atoms with Crippen LogP contribution in [0, 0.1) is 0 Å². The molecule has 18 heavy (non-hydrogen) atoms. The van der Waals surface area contributed by atoms with Crippen molar-refractivity contribution in [3.8, 4) is 5.75 Å². The van der Waals surface area contributed by atoms with Gasteiger partial charge in [0.25, 0.3) is 0 Å². The molecule has 6 heteroatoms. The molecule has 0 aromatic heterocycles. The van der Waals surface area contributed by atoms with Crippen LogP contribution in [0.3, 0.4) is 0 Å². The van der Waals surface area contributed by atoms with Crippen molar-refractivity contribution in [3.05, 3.63) is 29.8 Å². The molecule has 0 atom stereocenters. The van der Waals surface area contributed by atoms with Crippen molar-refractivity contribution in [2.24, 2.45) is 0 Å². The quantitative estimate of drug-likeness (QED) is 0.599. The number of rotatable bonds is 5. The Balaban J connectivity index is 2.39. The number of nitrogens with one attached hydrogen (secondary N) is 1. The van der Waals surface area contributed by atoms with Gasteiger partial charge in [0.2, 0.25) is 0 Å². The Labute approximate surface area is 105 Å². The lowest BCUT2D eigenvalue weighted by molar-refractivity contribution is -0.131. The van der Waals surface area contributed by atoms with Gasteiger partial charge in [-0.05, 0) is 17.7 Å². The Hall–Kier alpha value is -2.08. The molecule has 2 N–H and O–H groups in total. The molecular formula is C12H15NO5. The lowest BCUT2D eigenvalue weighted by Crippen LogP contribution is -2.26. The van der Waals surface area contributed by atoms with Crippen LogP contribution in [0.2, 0.25) is 0 Å². The second-order valence-electron chi connectivity index (χ2n) is 3.46. The minimum Gasteiger partial charge on any atom is -0.445 e. The van der Waals surface area contributed by atoms with Crippen LogP contribution in [-0.4, -0.2) is 30.3 Å². The summed E-state index contributed by atoms with van der Waals surface area (Å²) in [5, 5.41) is 10.9. The maximum atomic E-state index is 11.1. The van der Waals surface area contributed by atoms with Crippen molar-refractivity contribution in [1.82, 2.24) is 5.32 Å². The number of carbonyl (C=O) groups excluding carboxylic acids is 2. The highest BCUT2D eigenvalue weighted by Crippen LogP contribution is 2.12. The number of benzene rings is 1. The second-order valence-corrected chi connectivity index (χ2v) is 3.46. The van der Waals surface area contributed by atoms with Crippen LogP contribution in [0.4, 0.5) is 4.79 Å². The van der Waals surface area contributed by atoms with Crippen molar-refractivity contribution in [2.45, 2.75) is 13.5 Å². The van der Waals surface area contributed by atoms with Gasteiger partial charge < -0.3 is 19.9 Å². The Morgan fingerprint density at radius 2 is 1.94 bits per heavy atom. The number of carbonyl (C=O) groups is 2. The number of amides is 1. The van der Waals surface area contributed by atoms with E-state index in [0.29, 0.717) is 5.75 Å². The van der Waals surface area contributed by atoms with Gasteiger partial charge in [0, 0.05) is 13.5 Å². The summed E-state index contributed by atoms with van der Waals surface area (Å²) in [6.07, 6.45) is -0.590. The third-order valence-electron chi connectivity index (χ3n) is 1.94. The fourth-order valence-electron chi connectivity index (χ4n) is 1.18. The minimum atomic E-state index is -0.590. The third kappa shape index (κ3) is 5.31. The average Bonchev–Trinajstić information content (AvgIpc) is 2.35. The zero-order valence-corrected chi connectivity index (χ0v) is 10.0. The van der Waals surface area contributed by atoms with E-state index in [4.69, 9.17) is 14.6 Å². The van der Waals surface area contributed by atoms with Crippen LogP contribution < -0.4 is 10.1 Å². The number of esters is 1. The summed E-state index contributed by atoms with van der Waals surface area (Å²) < 4.78 is 9.74. The Kier molecular flexibility index (Phi) is 5.66. The van der Waals surface area contributed by atoms with E-state index in [2.05, 4.69) is 5.32 Å². The zero-order valence-electron chi connectivity index (χ0n) is 10.0. The minimum absolute atomic E-state index is 0.109. The first kappa shape index (κ1) is 14.0. The monoisotopic (exact) mass is 253 g/mol. The van der Waals surface area contributed by atoms with Gasteiger partial charge in [-0.25, -0.2) is 4.79 Å². The highest BCUT2D eigenvalue weighted by molar-refractivity contribution is 5.69. The molecule has 0 fully saturated rings. The normalized spacial score (nSPS) is 9.67. The molecule has 1 aromatic rings. The van der Waals surface area contributed by atoms with Gasteiger partial charge in [-0.2, -0.15) is 0 Å². The molecule has 1 amide bonds. The molecule has 0 radical (unpaired) electrons. The maximum absolute atomic E-state index is 11.1. The van der Waals surface area contributed by atoms with Gasteiger partial charge in [-0.15, -0.1) is 0 Å². The van der Waals surface area contributed by atoms with E-state index in [1.54, 1.807) is 24.3 Å². The first-order valence-electron chi connectivity index (χ1n) is 5.40. The van der Waals surface area contributed by atoms with Gasteiger partial charge >= 0.3 is 12.1 Å². The zero-order chi connectivity index (χ0) is 13.4. The van der Waals surface area contributed by atoms with Crippen LogP contribution in [-0.2, 0) is 16.1 Å². The van der Waals surface area contributed by atoms with Gasteiger partial charge in [0.15, 0.2) is 0 Å². The molecule has 0 aliphatic carbocycles. The summed E-state index contributed by atoms with van der Waals surface area (Å²) in [5.41, 5.74) is 0.769. The molecule has 1 rings (SSSR count). The highest BCUT2D eigenvalue weighted by atomic mass is 16.5. The van der Waals surface area contributed by atoms with Gasteiger partial charge in [0.05, 0.1) is 6.61 Å². The highest BCUT2D eigenvalue weighted by Gasteiger charge is 2.02. The van der Waals surface area contributed by atoms with E-state index < -0.39 is 6.09 Å². The van der Waals surface area contributed by atoms with E-state index in [-0.39, 0.29) is 25.7 Å². The predicted molar refractivity (Wildman–Crippen MR) is 63.0 cm³/mol. The summed E-state index contributed by atoms with van der Waals surface area (Å²) in [7, 11) is 0. The Morgan fingerprint density at radius 1 is 1.28 bits per heavy atom. The molecule has 98 valence electrons. The number of alkyl carbamates (subject to hydrolysis) is 1. The molecule has 1 aromatic carbocycles. The summed E-state index contributed by atoms with van der Waals surface area (Å²) in [6, 6.07) is 6.62. The first-order valence-corrected chi connectivity index (χ1v) is 5.40. The third-order valence-corrected chi connectivity index (χ3v) is 1.94. The standard InChI is InChI=1S/C12H15NO5/c1-9(15)18-11-4-2-10(3-5-11)8-17-12(16)13-6-7-14/h2-5,14H,6-8H2,1H3,(H,13,16). The first-order chi connectivity index (χ1) is 8.61. The predicted octanol–water partition coefficient (Wildman–Crippen LogP) is 0.830. The molecule has 0 heterocycles. The van der Waals surface area contributed by atoms with E-state index in [0.717, 1.165) is 5.56 Å². The maximum Gasteiger partial charge on any atom is 0.407 e. The molecule has 0 spiro atoms. The fraction of sp³-hybridized carbons (Fsp3) is 0.333. The van der Waals surface area contributed by atoms with E-state index in [9.17, 15) is 9.59 Å². The van der Waals surface area contributed by atoms with Crippen molar-refractivity contribution in [2.75, 3.05) is 13.2 Å². The topological polar surface area (TPSA) is 84.9 Å². The smallest absolute Gasteiger partial charge is 0.407 e. The van der Waals surface area contributed by atoms with Crippen LogP contribution in [0.25, 0.3) is 0 Å². The van der Waals surface area contributed by atoms with Crippen LogP contribution in [0.15, 0.2) is 24.3 Å². The van der Waals surface area contributed by atoms with Crippen LogP contribution >= 0.6 is 0 Å². The molecule has 0 bridgehead atoms. The Morgan fingerprint density at radius 3 is 2.50 bits per heavy atom. The van der Waals surface area contributed by atoms with Crippen molar-refractivity contribution < 1.29 is 24.2 Å². The molecule has 0 aliphatic heterocycles. The average molecular weight is 253 g/mol. The molecule has 0 unspecified atom stereocenters. The van der Waals surface area contributed by atoms with Crippen LogP contribution in [0.5, 0.6) is 5.75 Å². The second kappa shape index (κ2) is 7.29.